The predicted octanol–water partition coefficient (Wildman–Crippen LogP) is 2.19. The molecule has 0 amide bonds. The first kappa shape index (κ1) is 15.3. The van der Waals surface area contributed by atoms with E-state index in [0.717, 1.165) is 31.0 Å². The van der Waals surface area contributed by atoms with Crippen molar-refractivity contribution >= 4 is 0 Å². The molecule has 1 aliphatic heterocycles. The lowest BCUT2D eigenvalue weighted by Crippen LogP contribution is -2.47. The highest BCUT2D eigenvalue weighted by Gasteiger charge is 2.22. The SMILES string of the molecule is CC(C)N1CCOC(COc2ccc([C@@H](C)N)cc2)C1. The highest BCUT2D eigenvalue weighted by atomic mass is 16.5. The van der Waals surface area contributed by atoms with E-state index in [1.54, 1.807) is 0 Å². The fourth-order valence-electron chi connectivity index (χ4n) is 2.37. The number of hydrogen-bond donors (Lipinski definition) is 1. The Labute approximate surface area is 121 Å². The van der Waals surface area contributed by atoms with Crippen LogP contribution in [0.25, 0.3) is 0 Å². The van der Waals surface area contributed by atoms with E-state index in [2.05, 4.69) is 18.7 Å². The molecule has 0 aromatic heterocycles. The molecule has 1 saturated heterocycles. The summed E-state index contributed by atoms with van der Waals surface area (Å²) in [6, 6.07) is 8.60. The van der Waals surface area contributed by atoms with E-state index >= 15 is 0 Å². The molecule has 0 radical (unpaired) electrons. The number of hydrogen-bond acceptors (Lipinski definition) is 4. The van der Waals surface area contributed by atoms with Gasteiger partial charge in [-0.05, 0) is 38.5 Å². The third kappa shape index (κ3) is 4.20. The van der Waals surface area contributed by atoms with Crippen LogP contribution in [-0.2, 0) is 4.74 Å². The predicted molar refractivity (Wildman–Crippen MR) is 81.0 cm³/mol. The zero-order chi connectivity index (χ0) is 14.5. The summed E-state index contributed by atoms with van der Waals surface area (Å²) in [4.78, 5) is 2.43. The molecule has 20 heavy (non-hydrogen) atoms. The summed E-state index contributed by atoms with van der Waals surface area (Å²) in [5, 5.41) is 0. The molecule has 4 nitrogen and oxygen atoms in total. The van der Waals surface area contributed by atoms with Gasteiger partial charge in [-0.2, -0.15) is 0 Å². The van der Waals surface area contributed by atoms with E-state index in [0.29, 0.717) is 12.6 Å². The van der Waals surface area contributed by atoms with Crippen molar-refractivity contribution in [1.82, 2.24) is 4.90 Å². The maximum absolute atomic E-state index is 5.83. The maximum Gasteiger partial charge on any atom is 0.119 e. The average Bonchev–Trinajstić information content (AvgIpc) is 2.46. The van der Waals surface area contributed by atoms with E-state index < -0.39 is 0 Å². The Morgan fingerprint density at radius 1 is 1.30 bits per heavy atom. The van der Waals surface area contributed by atoms with Crippen LogP contribution in [0, 0.1) is 0 Å². The lowest BCUT2D eigenvalue weighted by Gasteiger charge is -2.35. The number of morpholine rings is 1. The summed E-state index contributed by atoms with van der Waals surface area (Å²) >= 11 is 0. The molecule has 0 bridgehead atoms. The van der Waals surface area contributed by atoms with Crippen LogP contribution >= 0.6 is 0 Å². The van der Waals surface area contributed by atoms with Crippen molar-refractivity contribution in [3.05, 3.63) is 29.8 Å². The van der Waals surface area contributed by atoms with Crippen molar-refractivity contribution in [3.63, 3.8) is 0 Å². The van der Waals surface area contributed by atoms with E-state index in [9.17, 15) is 0 Å². The Balaban J connectivity index is 1.82. The summed E-state index contributed by atoms with van der Waals surface area (Å²) in [7, 11) is 0. The standard InChI is InChI=1S/C16H26N2O2/c1-12(2)18-8-9-19-16(10-18)11-20-15-6-4-14(5-7-15)13(3)17/h4-7,12-13,16H,8-11,17H2,1-3H3/t13-,16?/m1/s1. The first-order valence-corrected chi connectivity index (χ1v) is 7.40. The van der Waals surface area contributed by atoms with Crippen molar-refractivity contribution in [1.29, 1.82) is 0 Å². The zero-order valence-electron chi connectivity index (χ0n) is 12.7. The third-order valence-electron chi connectivity index (χ3n) is 3.74. The Bertz CT molecular complexity index is 403. The van der Waals surface area contributed by atoms with Crippen molar-refractivity contribution in [2.75, 3.05) is 26.3 Å². The summed E-state index contributed by atoms with van der Waals surface area (Å²) in [6.07, 6.45) is 0.152. The van der Waals surface area contributed by atoms with Gasteiger partial charge in [0.15, 0.2) is 0 Å². The van der Waals surface area contributed by atoms with Crippen molar-refractivity contribution in [3.8, 4) is 5.75 Å². The molecule has 1 aliphatic rings. The molecule has 1 heterocycles. The van der Waals surface area contributed by atoms with E-state index in [1.807, 2.05) is 31.2 Å². The lowest BCUT2D eigenvalue weighted by molar-refractivity contribution is -0.0564. The Morgan fingerprint density at radius 3 is 2.60 bits per heavy atom. The number of rotatable bonds is 5. The second-order valence-corrected chi connectivity index (χ2v) is 5.75. The summed E-state index contributed by atoms with van der Waals surface area (Å²) in [5.41, 5.74) is 6.95. The minimum Gasteiger partial charge on any atom is -0.491 e. The Hall–Kier alpha value is -1.10. The van der Waals surface area contributed by atoms with Gasteiger partial charge in [-0.3, -0.25) is 4.90 Å². The summed E-state index contributed by atoms with van der Waals surface area (Å²) in [5.74, 6) is 0.875. The van der Waals surface area contributed by atoms with Crippen LogP contribution in [0.2, 0.25) is 0 Å². The number of nitrogens with two attached hydrogens (primary N) is 1. The van der Waals surface area contributed by atoms with Crippen molar-refractivity contribution in [2.45, 2.75) is 39.0 Å². The second-order valence-electron chi connectivity index (χ2n) is 5.75. The Kier molecular flexibility index (Phi) is 5.40. The fourth-order valence-corrected chi connectivity index (χ4v) is 2.37. The van der Waals surface area contributed by atoms with Crippen LogP contribution in [-0.4, -0.2) is 43.3 Å². The quantitative estimate of drug-likeness (QED) is 0.897. The highest BCUT2D eigenvalue weighted by Crippen LogP contribution is 2.17. The highest BCUT2D eigenvalue weighted by molar-refractivity contribution is 5.28. The van der Waals surface area contributed by atoms with Crippen molar-refractivity contribution in [2.24, 2.45) is 5.73 Å². The van der Waals surface area contributed by atoms with Gasteiger partial charge in [0, 0.05) is 25.2 Å². The van der Waals surface area contributed by atoms with Crippen LogP contribution in [0.15, 0.2) is 24.3 Å². The molecular formula is C16H26N2O2. The van der Waals surface area contributed by atoms with Crippen LogP contribution in [0.5, 0.6) is 5.75 Å². The van der Waals surface area contributed by atoms with Gasteiger partial charge < -0.3 is 15.2 Å². The van der Waals surface area contributed by atoms with Gasteiger partial charge >= 0.3 is 0 Å². The zero-order valence-corrected chi connectivity index (χ0v) is 12.7. The molecule has 2 rings (SSSR count). The molecule has 1 unspecified atom stereocenters. The molecule has 1 aromatic carbocycles. The smallest absolute Gasteiger partial charge is 0.119 e. The minimum absolute atomic E-state index is 0.0605. The van der Waals surface area contributed by atoms with Crippen LogP contribution < -0.4 is 10.5 Å². The topological polar surface area (TPSA) is 47.7 Å². The molecule has 0 saturated carbocycles. The molecule has 0 spiro atoms. The molecular weight excluding hydrogens is 252 g/mol. The van der Waals surface area contributed by atoms with Gasteiger partial charge in [0.2, 0.25) is 0 Å². The first-order chi connectivity index (χ1) is 9.56. The lowest BCUT2D eigenvalue weighted by atomic mass is 10.1. The second kappa shape index (κ2) is 7.07. The maximum atomic E-state index is 5.83. The molecule has 112 valence electrons. The van der Waals surface area contributed by atoms with Gasteiger partial charge in [-0.25, -0.2) is 0 Å². The average molecular weight is 278 g/mol. The van der Waals surface area contributed by atoms with E-state index in [-0.39, 0.29) is 12.1 Å². The molecule has 2 N–H and O–H groups in total. The molecule has 0 aliphatic carbocycles. The van der Waals surface area contributed by atoms with Crippen LogP contribution in [0.3, 0.4) is 0 Å². The van der Waals surface area contributed by atoms with E-state index in [1.165, 1.54) is 0 Å². The fraction of sp³-hybridized carbons (Fsp3) is 0.625. The van der Waals surface area contributed by atoms with Gasteiger partial charge in [0.1, 0.15) is 18.5 Å². The first-order valence-electron chi connectivity index (χ1n) is 7.40. The van der Waals surface area contributed by atoms with E-state index in [4.69, 9.17) is 15.2 Å². The Morgan fingerprint density at radius 2 is 2.00 bits per heavy atom. The normalized spacial score (nSPS) is 21.9. The summed E-state index contributed by atoms with van der Waals surface area (Å²) < 4.78 is 11.6. The molecule has 1 fully saturated rings. The molecule has 4 heteroatoms. The molecule has 1 aromatic rings. The largest absolute Gasteiger partial charge is 0.491 e. The van der Waals surface area contributed by atoms with Crippen LogP contribution in [0.1, 0.15) is 32.4 Å². The number of ether oxygens (including phenoxy) is 2. The monoisotopic (exact) mass is 278 g/mol. The molecule has 2 atom stereocenters. The summed E-state index contributed by atoms with van der Waals surface area (Å²) in [6.45, 7) is 9.75. The number of nitrogens with zero attached hydrogens (tertiary/aromatic N) is 1. The van der Waals surface area contributed by atoms with Gasteiger partial charge in [0.05, 0.1) is 6.61 Å². The minimum atomic E-state index is 0.0605. The third-order valence-corrected chi connectivity index (χ3v) is 3.74. The van der Waals surface area contributed by atoms with Crippen molar-refractivity contribution < 1.29 is 9.47 Å². The van der Waals surface area contributed by atoms with Gasteiger partial charge in [-0.15, -0.1) is 0 Å². The van der Waals surface area contributed by atoms with Crippen LogP contribution in [0.4, 0.5) is 0 Å². The van der Waals surface area contributed by atoms with Gasteiger partial charge in [-0.1, -0.05) is 12.1 Å². The number of benzene rings is 1. The van der Waals surface area contributed by atoms with Gasteiger partial charge in [0.25, 0.3) is 0 Å².